The highest BCUT2D eigenvalue weighted by Crippen LogP contribution is 2.32. The Labute approximate surface area is 121 Å². The number of amides is 2. The van der Waals surface area contributed by atoms with Crippen LogP contribution in [-0.2, 0) is 4.79 Å². The highest BCUT2D eigenvalue weighted by atomic mass is 16.4. The molecule has 1 unspecified atom stereocenters. The van der Waals surface area contributed by atoms with Crippen LogP contribution >= 0.6 is 0 Å². The van der Waals surface area contributed by atoms with E-state index in [-0.39, 0.29) is 11.9 Å². The van der Waals surface area contributed by atoms with E-state index in [0.29, 0.717) is 6.54 Å². The minimum Gasteiger partial charge on any atom is -0.480 e. The molecule has 5 nitrogen and oxygen atoms in total. The Hall–Kier alpha value is -1.26. The molecule has 0 heterocycles. The number of unbranched alkanes of at least 4 members (excludes halogenated alkanes) is 3. The van der Waals surface area contributed by atoms with Crippen molar-refractivity contribution in [2.45, 2.75) is 64.8 Å². The van der Waals surface area contributed by atoms with Crippen LogP contribution in [0.25, 0.3) is 0 Å². The van der Waals surface area contributed by atoms with Crippen LogP contribution in [0.3, 0.4) is 0 Å². The van der Waals surface area contributed by atoms with Crippen molar-refractivity contribution in [1.29, 1.82) is 0 Å². The highest BCUT2D eigenvalue weighted by Gasteiger charge is 2.37. The zero-order valence-electron chi connectivity index (χ0n) is 12.7. The molecule has 1 rings (SSSR count). The summed E-state index contributed by atoms with van der Waals surface area (Å²) in [6.07, 6.45) is 7.55. The fraction of sp³-hybridized carbons (Fsp3) is 0.867. The number of nitrogens with one attached hydrogen (secondary N) is 2. The zero-order chi connectivity index (χ0) is 15.0. The van der Waals surface area contributed by atoms with E-state index in [1.54, 1.807) is 0 Å². The van der Waals surface area contributed by atoms with E-state index in [1.807, 2.05) is 0 Å². The van der Waals surface area contributed by atoms with Crippen molar-refractivity contribution in [2.75, 3.05) is 6.54 Å². The van der Waals surface area contributed by atoms with Crippen LogP contribution in [0.4, 0.5) is 4.79 Å². The molecule has 0 saturated heterocycles. The fourth-order valence-electron chi connectivity index (χ4n) is 2.24. The van der Waals surface area contributed by atoms with Gasteiger partial charge in [-0.05, 0) is 31.1 Å². The van der Waals surface area contributed by atoms with Gasteiger partial charge in [-0.1, -0.05) is 39.5 Å². The normalized spacial score (nSPS) is 15.9. The van der Waals surface area contributed by atoms with Crippen LogP contribution in [0.2, 0.25) is 0 Å². The predicted octanol–water partition coefficient (Wildman–Crippen LogP) is 2.76. The molecule has 0 aliphatic heterocycles. The second-order valence-electron chi connectivity index (χ2n) is 6.15. The Bertz CT molecular complexity index is 314. The van der Waals surface area contributed by atoms with E-state index in [9.17, 15) is 9.59 Å². The van der Waals surface area contributed by atoms with Gasteiger partial charge in [-0.3, -0.25) is 0 Å². The molecule has 3 N–H and O–H groups in total. The largest absolute Gasteiger partial charge is 0.480 e. The molecule has 2 amide bonds. The summed E-state index contributed by atoms with van der Waals surface area (Å²) in [6.45, 7) is 5.07. The molecule has 0 spiro atoms. The van der Waals surface area contributed by atoms with Crippen LogP contribution in [0, 0.1) is 11.8 Å². The number of carbonyl (C=O) groups excluding carboxylic acids is 1. The Kier molecular flexibility index (Phi) is 7.41. The maximum absolute atomic E-state index is 11.6. The standard InChI is InChI=1S/C15H28N2O3/c1-11(2)7-5-3-4-6-10-16-15(20)17-13(14(18)19)12-8-9-12/h11-13H,3-10H2,1-2H3,(H,18,19)(H2,16,17,20). The molecule has 0 radical (unpaired) electrons. The van der Waals surface area contributed by atoms with Gasteiger partial charge < -0.3 is 15.7 Å². The Morgan fingerprint density at radius 3 is 2.35 bits per heavy atom. The van der Waals surface area contributed by atoms with Gasteiger partial charge in [0.1, 0.15) is 6.04 Å². The van der Waals surface area contributed by atoms with Gasteiger partial charge in [-0.2, -0.15) is 0 Å². The number of carboxylic acid groups (broad SMARTS) is 1. The van der Waals surface area contributed by atoms with Gasteiger partial charge in [0.05, 0.1) is 0 Å². The minimum atomic E-state index is -0.934. The number of hydrogen-bond acceptors (Lipinski definition) is 2. The van der Waals surface area contributed by atoms with Crippen molar-refractivity contribution < 1.29 is 14.7 Å². The number of carbonyl (C=O) groups is 2. The minimum absolute atomic E-state index is 0.120. The molecule has 0 aromatic carbocycles. The lowest BCUT2D eigenvalue weighted by Gasteiger charge is -2.14. The summed E-state index contributed by atoms with van der Waals surface area (Å²) in [4.78, 5) is 22.6. The maximum Gasteiger partial charge on any atom is 0.326 e. The zero-order valence-corrected chi connectivity index (χ0v) is 12.7. The van der Waals surface area contributed by atoms with Crippen LogP contribution in [0.15, 0.2) is 0 Å². The molecule has 0 bridgehead atoms. The van der Waals surface area contributed by atoms with Crippen LogP contribution in [-0.4, -0.2) is 29.7 Å². The summed E-state index contributed by atoms with van der Waals surface area (Å²) in [5, 5.41) is 14.3. The third-order valence-electron chi connectivity index (χ3n) is 3.64. The summed E-state index contributed by atoms with van der Waals surface area (Å²) in [7, 11) is 0. The van der Waals surface area contributed by atoms with Crippen LogP contribution in [0.1, 0.15) is 58.8 Å². The summed E-state index contributed by atoms with van der Waals surface area (Å²) < 4.78 is 0. The smallest absolute Gasteiger partial charge is 0.326 e. The Morgan fingerprint density at radius 2 is 1.80 bits per heavy atom. The molecule has 0 aromatic heterocycles. The molecule has 116 valence electrons. The Morgan fingerprint density at radius 1 is 1.15 bits per heavy atom. The molecule has 1 aliphatic carbocycles. The SMILES string of the molecule is CC(C)CCCCCCNC(=O)NC(C(=O)O)C1CC1. The molecule has 0 aromatic rings. The number of urea groups is 1. The molecule has 1 aliphatic rings. The lowest BCUT2D eigenvalue weighted by Crippen LogP contribution is -2.47. The van der Waals surface area contributed by atoms with E-state index in [2.05, 4.69) is 24.5 Å². The summed E-state index contributed by atoms with van der Waals surface area (Å²) in [6, 6.07) is -1.08. The maximum atomic E-state index is 11.6. The second kappa shape index (κ2) is 8.82. The highest BCUT2D eigenvalue weighted by molar-refractivity contribution is 5.83. The van der Waals surface area contributed by atoms with E-state index in [1.165, 1.54) is 19.3 Å². The molecule has 1 atom stereocenters. The second-order valence-corrected chi connectivity index (χ2v) is 6.15. The average Bonchev–Trinajstić information content (AvgIpc) is 3.18. The van der Waals surface area contributed by atoms with Gasteiger partial charge in [0.25, 0.3) is 0 Å². The summed E-state index contributed by atoms with van der Waals surface area (Å²) >= 11 is 0. The van der Waals surface area contributed by atoms with Crippen molar-refractivity contribution in [3.05, 3.63) is 0 Å². The molecular formula is C15H28N2O3. The lowest BCUT2D eigenvalue weighted by molar-refractivity contribution is -0.139. The van der Waals surface area contributed by atoms with Gasteiger partial charge in [-0.15, -0.1) is 0 Å². The van der Waals surface area contributed by atoms with Gasteiger partial charge >= 0.3 is 12.0 Å². The van der Waals surface area contributed by atoms with E-state index < -0.39 is 12.0 Å². The van der Waals surface area contributed by atoms with Gasteiger partial charge in [-0.25, -0.2) is 9.59 Å². The third kappa shape index (κ3) is 7.36. The third-order valence-corrected chi connectivity index (χ3v) is 3.64. The van der Waals surface area contributed by atoms with Gasteiger partial charge in [0.2, 0.25) is 0 Å². The number of hydrogen-bond donors (Lipinski definition) is 3. The summed E-state index contributed by atoms with van der Waals surface area (Å²) in [5.74, 6) is -0.0557. The van der Waals surface area contributed by atoms with Crippen molar-refractivity contribution in [2.24, 2.45) is 11.8 Å². The van der Waals surface area contributed by atoms with E-state index in [0.717, 1.165) is 31.6 Å². The van der Waals surface area contributed by atoms with Crippen molar-refractivity contribution in [1.82, 2.24) is 10.6 Å². The quantitative estimate of drug-likeness (QED) is 0.540. The Balaban J connectivity index is 2.01. The van der Waals surface area contributed by atoms with Crippen molar-refractivity contribution >= 4 is 12.0 Å². The van der Waals surface area contributed by atoms with Crippen molar-refractivity contribution in [3.8, 4) is 0 Å². The number of rotatable bonds is 10. The van der Waals surface area contributed by atoms with Gasteiger partial charge in [0, 0.05) is 6.54 Å². The van der Waals surface area contributed by atoms with Crippen molar-refractivity contribution in [3.63, 3.8) is 0 Å². The first-order chi connectivity index (χ1) is 9.50. The molecule has 5 heteroatoms. The van der Waals surface area contributed by atoms with E-state index in [4.69, 9.17) is 5.11 Å². The van der Waals surface area contributed by atoms with E-state index >= 15 is 0 Å². The van der Waals surface area contributed by atoms with Crippen LogP contribution < -0.4 is 10.6 Å². The molecular weight excluding hydrogens is 256 g/mol. The lowest BCUT2D eigenvalue weighted by atomic mass is 10.0. The van der Waals surface area contributed by atoms with Crippen LogP contribution in [0.5, 0.6) is 0 Å². The first kappa shape index (κ1) is 16.8. The number of carboxylic acids is 1. The first-order valence-electron chi connectivity index (χ1n) is 7.78. The molecule has 1 fully saturated rings. The fourth-order valence-corrected chi connectivity index (χ4v) is 2.24. The predicted molar refractivity (Wildman–Crippen MR) is 78.6 cm³/mol. The van der Waals surface area contributed by atoms with Gasteiger partial charge in [0.15, 0.2) is 0 Å². The average molecular weight is 284 g/mol. The summed E-state index contributed by atoms with van der Waals surface area (Å²) in [5.41, 5.74) is 0. The first-order valence-corrected chi connectivity index (χ1v) is 7.78. The monoisotopic (exact) mass is 284 g/mol. The topological polar surface area (TPSA) is 78.4 Å². The number of aliphatic carboxylic acids is 1. The molecule has 1 saturated carbocycles. The molecule has 20 heavy (non-hydrogen) atoms.